The van der Waals surface area contributed by atoms with Crippen molar-refractivity contribution in [2.45, 2.75) is 88.3 Å². The fourth-order valence-electron chi connectivity index (χ4n) is 8.01. The number of benzene rings is 2. The Bertz CT molecular complexity index is 2200. The maximum Gasteiger partial charge on any atom is 0.333 e. The van der Waals surface area contributed by atoms with Gasteiger partial charge < -0.3 is 45.4 Å². The zero-order chi connectivity index (χ0) is 44.8. The summed E-state index contributed by atoms with van der Waals surface area (Å²) < 4.78 is 5.82. The maximum atomic E-state index is 14.9. The summed E-state index contributed by atoms with van der Waals surface area (Å²) in [5, 5.41) is 18.1. The molecule has 0 saturated carbocycles. The molecule has 0 aliphatic carbocycles. The molecule has 4 heterocycles. The summed E-state index contributed by atoms with van der Waals surface area (Å²) in [6, 6.07) is 9.97. The van der Waals surface area contributed by atoms with Gasteiger partial charge in [-0.05, 0) is 62.1 Å². The van der Waals surface area contributed by atoms with Gasteiger partial charge in [-0.15, -0.1) is 0 Å². The minimum absolute atomic E-state index is 0.0287. The van der Waals surface area contributed by atoms with Crippen molar-refractivity contribution in [1.29, 1.82) is 0 Å². The summed E-state index contributed by atoms with van der Waals surface area (Å²) >= 11 is 0. The summed E-state index contributed by atoms with van der Waals surface area (Å²) in [6.07, 6.45) is 0.0953. The second kappa shape index (κ2) is 19.2. The van der Waals surface area contributed by atoms with Gasteiger partial charge in [0.05, 0.1) is 0 Å². The lowest BCUT2D eigenvalue weighted by atomic mass is 9.95. The van der Waals surface area contributed by atoms with Crippen molar-refractivity contribution in [3.05, 3.63) is 89.7 Å². The molecule has 7 atom stereocenters. The number of piperidine rings is 1. The molecular weight excluding hydrogens is 801 g/mol. The van der Waals surface area contributed by atoms with Crippen LogP contribution in [0.2, 0.25) is 0 Å². The number of ether oxygens (including phenoxy) is 1. The molecule has 0 unspecified atom stereocenters. The largest absolute Gasteiger partial charge is 0.505 e. The lowest BCUT2D eigenvalue weighted by Crippen LogP contribution is -2.61. The van der Waals surface area contributed by atoms with Crippen LogP contribution in [-0.2, 0) is 44.7 Å². The molecule has 0 spiro atoms. The molecule has 3 fully saturated rings. The molecule has 0 bridgehead atoms. The number of amides is 6. The molecule has 2 aromatic carbocycles. The summed E-state index contributed by atoms with van der Waals surface area (Å²) in [6.45, 7) is 2.75. The number of aromatic nitrogens is 1. The summed E-state index contributed by atoms with van der Waals surface area (Å²) in [5.74, 6) is -6.40. The van der Waals surface area contributed by atoms with Crippen molar-refractivity contribution in [2.75, 3.05) is 39.1 Å². The lowest BCUT2D eigenvalue weighted by molar-refractivity contribution is -0.156. The molecule has 0 radical (unpaired) electrons. The first-order valence-corrected chi connectivity index (χ1v) is 20.5. The van der Waals surface area contributed by atoms with Crippen LogP contribution in [0.5, 0.6) is 5.75 Å². The third kappa shape index (κ3) is 9.85. The molecule has 328 valence electrons. The number of carbonyl (C=O) groups excluding carboxylic acids is 8. The number of carbonyl (C=O) groups is 8. The number of likely N-dealkylation sites (N-methyl/N-ethyl adjacent to an activating group) is 1. The van der Waals surface area contributed by atoms with Gasteiger partial charge in [0.25, 0.3) is 5.91 Å². The Morgan fingerprint density at radius 3 is 2.23 bits per heavy atom. The van der Waals surface area contributed by atoms with Crippen molar-refractivity contribution in [1.82, 2.24) is 35.6 Å². The SMILES string of the molecule is C[C@@H]1NC(=O)[C@@H](NC(=O)c2ncccc2O)[C@H](C)OC(=O)[C@@H](c2ccccc2)NC(=O)[C@H]2CC(=O)CCN2C(=O)[C@H](Cc2ccc(N(C)C)cc2)N(C)C(=O)[C@H]2CCCN2C1=O. The normalized spacial score (nSPS) is 25.7. The van der Waals surface area contributed by atoms with Gasteiger partial charge in [0.15, 0.2) is 11.7 Å². The Morgan fingerprint density at radius 1 is 0.855 bits per heavy atom. The second-order valence-corrected chi connectivity index (χ2v) is 16.0. The molecule has 18 nitrogen and oxygen atoms in total. The number of nitrogens with zero attached hydrogens (tertiary/aromatic N) is 5. The zero-order valence-electron chi connectivity index (χ0n) is 35.3. The van der Waals surface area contributed by atoms with E-state index in [1.165, 1.54) is 53.9 Å². The first-order chi connectivity index (χ1) is 29.5. The molecular formula is C44H52N8O10. The average molecular weight is 853 g/mol. The first kappa shape index (κ1) is 44.7. The van der Waals surface area contributed by atoms with Crippen LogP contribution < -0.4 is 20.9 Å². The highest BCUT2D eigenvalue weighted by atomic mass is 16.5. The summed E-state index contributed by atoms with van der Waals surface area (Å²) in [7, 11) is 5.24. The van der Waals surface area contributed by atoms with Crippen molar-refractivity contribution in [3.8, 4) is 5.75 Å². The van der Waals surface area contributed by atoms with E-state index in [0.29, 0.717) is 12.0 Å². The van der Waals surface area contributed by atoms with Gasteiger partial charge in [0.2, 0.25) is 29.5 Å². The summed E-state index contributed by atoms with van der Waals surface area (Å²) in [5.41, 5.74) is 1.44. The third-order valence-electron chi connectivity index (χ3n) is 11.5. The van der Waals surface area contributed by atoms with Gasteiger partial charge in [-0.25, -0.2) is 9.78 Å². The maximum absolute atomic E-state index is 14.9. The molecule has 18 heteroatoms. The van der Waals surface area contributed by atoms with Gasteiger partial charge in [-0.2, -0.15) is 0 Å². The van der Waals surface area contributed by atoms with E-state index in [0.717, 1.165) is 5.69 Å². The van der Waals surface area contributed by atoms with Gasteiger partial charge in [0, 0.05) is 65.4 Å². The van der Waals surface area contributed by atoms with E-state index in [1.807, 2.05) is 43.3 Å². The van der Waals surface area contributed by atoms with Crippen molar-refractivity contribution in [2.24, 2.45) is 0 Å². The minimum atomic E-state index is -1.68. The highest BCUT2D eigenvalue weighted by molar-refractivity contribution is 6.01. The van der Waals surface area contributed by atoms with Crippen LogP contribution in [0.15, 0.2) is 72.9 Å². The molecule has 6 rings (SSSR count). The Hall–Kier alpha value is -6.85. The number of aromatic hydroxyl groups is 1. The molecule has 3 aliphatic rings. The monoisotopic (exact) mass is 852 g/mol. The van der Waals surface area contributed by atoms with E-state index in [-0.39, 0.29) is 50.1 Å². The Morgan fingerprint density at radius 2 is 1.55 bits per heavy atom. The van der Waals surface area contributed by atoms with Crippen molar-refractivity contribution < 1.29 is 48.2 Å². The second-order valence-electron chi connectivity index (χ2n) is 16.0. The topological polar surface area (TPSA) is 228 Å². The number of nitrogens with one attached hydrogen (secondary N) is 3. The minimum Gasteiger partial charge on any atom is -0.505 e. The number of rotatable bonds is 6. The molecule has 3 aromatic rings. The number of hydrogen-bond donors (Lipinski definition) is 4. The highest BCUT2D eigenvalue weighted by Crippen LogP contribution is 2.27. The average Bonchev–Trinajstić information content (AvgIpc) is 3.75. The van der Waals surface area contributed by atoms with Crippen LogP contribution in [0.1, 0.15) is 67.2 Å². The first-order valence-electron chi connectivity index (χ1n) is 20.5. The van der Waals surface area contributed by atoms with Crippen LogP contribution in [-0.4, -0.2) is 143 Å². The van der Waals surface area contributed by atoms with E-state index >= 15 is 0 Å². The fraction of sp³-hybridized carbons (Fsp3) is 0.432. The Labute approximate surface area is 358 Å². The van der Waals surface area contributed by atoms with Crippen LogP contribution in [0, 0.1) is 0 Å². The van der Waals surface area contributed by atoms with E-state index in [1.54, 1.807) is 30.3 Å². The molecule has 6 amide bonds. The van der Waals surface area contributed by atoms with E-state index in [2.05, 4.69) is 20.9 Å². The van der Waals surface area contributed by atoms with Crippen molar-refractivity contribution in [3.63, 3.8) is 0 Å². The van der Waals surface area contributed by atoms with Gasteiger partial charge >= 0.3 is 5.97 Å². The van der Waals surface area contributed by atoms with Crippen LogP contribution >= 0.6 is 0 Å². The van der Waals surface area contributed by atoms with Gasteiger partial charge in [-0.1, -0.05) is 42.5 Å². The third-order valence-corrected chi connectivity index (χ3v) is 11.5. The number of cyclic esters (lactones) is 1. The molecule has 1 aromatic heterocycles. The van der Waals surface area contributed by atoms with Crippen molar-refractivity contribution >= 4 is 52.9 Å². The molecule has 4 N–H and O–H groups in total. The lowest BCUT2D eigenvalue weighted by Gasteiger charge is -2.40. The predicted octanol–water partition coefficient (Wildman–Crippen LogP) is 0.880. The smallest absolute Gasteiger partial charge is 0.333 e. The number of hydrogen-bond acceptors (Lipinski definition) is 12. The standard InChI is InChI=1S/C44H52N8O10/c1-25-41(58)51-21-10-13-31(51)42(59)50(5)33(23-27-15-17-29(18-16-27)49(3)4)43(60)52-22-19-30(53)24-32(52)38(55)48-36(28-11-7-6-8-12-28)44(61)62-26(2)35(39(56)46-25)47-40(57)37-34(54)14-9-20-45-37/h6-9,11-12,14-18,20,25-26,31-33,35-36,54H,10,13,19,21-24H2,1-5H3,(H,46,56)(H,47,57)(H,48,55)/t25-,26-,31+,32+,33-,35-,36+/m0/s1. The molecule has 3 saturated heterocycles. The number of Topliss-reactive ketones (excluding diaryl/α,β-unsaturated/α-hetero) is 1. The number of fused-ring (bicyclic) bond motifs is 2. The van der Waals surface area contributed by atoms with Crippen LogP contribution in [0.25, 0.3) is 0 Å². The summed E-state index contributed by atoms with van der Waals surface area (Å²) in [4.78, 5) is 123. The number of pyridine rings is 1. The number of ketones is 1. The Kier molecular flexibility index (Phi) is 13.9. The predicted molar refractivity (Wildman–Crippen MR) is 223 cm³/mol. The molecule has 3 aliphatic heterocycles. The zero-order valence-corrected chi connectivity index (χ0v) is 35.3. The van der Waals surface area contributed by atoms with Crippen LogP contribution in [0.4, 0.5) is 5.69 Å². The highest BCUT2D eigenvalue weighted by Gasteiger charge is 2.45. The Balaban J connectivity index is 1.42. The number of esters is 1. The fourth-order valence-corrected chi connectivity index (χ4v) is 8.01. The van der Waals surface area contributed by atoms with Crippen LogP contribution in [0.3, 0.4) is 0 Å². The number of anilines is 1. The van der Waals surface area contributed by atoms with Gasteiger partial charge in [0.1, 0.15) is 47.8 Å². The van der Waals surface area contributed by atoms with Gasteiger partial charge in [-0.3, -0.25) is 33.6 Å². The van der Waals surface area contributed by atoms with E-state index in [4.69, 9.17) is 4.74 Å². The van der Waals surface area contributed by atoms with E-state index < -0.39 is 95.2 Å². The quantitative estimate of drug-likeness (QED) is 0.254. The van der Waals surface area contributed by atoms with E-state index in [9.17, 15) is 43.5 Å². The molecule has 62 heavy (non-hydrogen) atoms.